The molecular weight excluding hydrogens is 326 g/mol. The van der Waals surface area contributed by atoms with E-state index in [1.165, 1.54) is 19.4 Å². The smallest absolute Gasteiger partial charge is 0.117 e. The van der Waals surface area contributed by atoms with Crippen molar-refractivity contribution in [2.24, 2.45) is 5.41 Å². The van der Waals surface area contributed by atoms with Crippen molar-refractivity contribution in [1.29, 1.82) is 0 Å². The van der Waals surface area contributed by atoms with Gasteiger partial charge < -0.3 is 9.52 Å². The van der Waals surface area contributed by atoms with Gasteiger partial charge in [0.1, 0.15) is 5.76 Å². The van der Waals surface area contributed by atoms with Crippen LogP contribution in [0.4, 0.5) is 0 Å². The van der Waals surface area contributed by atoms with Crippen LogP contribution in [0.3, 0.4) is 0 Å². The quantitative estimate of drug-likeness (QED) is 0.842. The lowest BCUT2D eigenvalue weighted by Crippen LogP contribution is -2.58. The van der Waals surface area contributed by atoms with Crippen LogP contribution in [0.2, 0.25) is 0 Å². The van der Waals surface area contributed by atoms with E-state index in [0.29, 0.717) is 24.1 Å². The van der Waals surface area contributed by atoms with E-state index >= 15 is 0 Å². The van der Waals surface area contributed by atoms with Gasteiger partial charge in [-0.3, -0.25) is 14.7 Å². The molecule has 148 valence electrons. The van der Waals surface area contributed by atoms with Crippen LogP contribution in [0.5, 0.6) is 0 Å². The van der Waals surface area contributed by atoms with Gasteiger partial charge >= 0.3 is 0 Å². The predicted octanol–water partition coefficient (Wildman–Crippen LogP) is 2.66. The Morgan fingerprint density at radius 2 is 1.92 bits per heavy atom. The summed E-state index contributed by atoms with van der Waals surface area (Å²) in [5, 5.41) is 9.53. The van der Waals surface area contributed by atoms with Crippen molar-refractivity contribution < 1.29 is 9.52 Å². The third-order valence-corrected chi connectivity index (χ3v) is 5.81. The second kappa shape index (κ2) is 8.87. The topological polar surface area (TPSA) is 43.1 Å². The maximum absolute atomic E-state index is 9.53. The zero-order valence-corrected chi connectivity index (χ0v) is 16.9. The van der Waals surface area contributed by atoms with Crippen molar-refractivity contribution >= 4 is 0 Å². The fraction of sp³-hybridized carbons (Fsp3) is 0.810. The molecule has 0 amide bonds. The molecule has 5 nitrogen and oxygen atoms in total. The maximum Gasteiger partial charge on any atom is 0.117 e. The molecule has 0 aliphatic carbocycles. The largest absolute Gasteiger partial charge is 0.468 e. The third kappa shape index (κ3) is 5.56. The zero-order valence-electron chi connectivity index (χ0n) is 16.9. The second-order valence-corrected chi connectivity index (χ2v) is 9.28. The standard InChI is InChI=1S/C21H37N3O2/c1-21(2,3)17-24-12-11-23(15-19(24)8-13-25)18-6-9-22(10-7-18)16-20-5-4-14-26-20/h4-5,14,18-19,25H,6-13,15-17H2,1-3H3/t19-/m0/s1. The van der Waals surface area contributed by atoms with E-state index in [0.717, 1.165) is 51.4 Å². The molecule has 0 aromatic carbocycles. The van der Waals surface area contributed by atoms with Crippen molar-refractivity contribution in [3.8, 4) is 0 Å². The molecule has 1 atom stereocenters. The second-order valence-electron chi connectivity index (χ2n) is 9.28. The molecule has 0 unspecified atom stereocenters. The van der Waals surface area contributed by atoms with E-state index < -0.39 is 0 Å². The average molecular weight is 364 g/mol. The van der Waals surface area contributed by atoms with Gasteiger partial charge in [0, 0.05) is 58.0 Å². The van der Waals surface area contributed by atoms with E-state index in [9.17, 15) is 5.11 Å². The Labute approximate surface area is 158 Å². The van der Waals surface area contributed by atoms with E-state index in [-0.39, 0.29) is 0 Å². The molecule has 0 radical (unpaired) electrons. The van der Waals surface area contributed by atoms with Gasteiger partial charge in [-0.2, -0.15) is 0 Å². The van der Waals surface area contributed by atoms with Gasteiger partial charge in [-0.1, -0.05) is 20.8 Å². The van der Waals surface area contributed by atoms with Gasteiger partial charge in [0.25, 0.3) is 0 Å². The number of piperazine rings is 1. The van der Waals surface area contributed by atoms with Gasteiger partial charge in [-0.05, 0) is 36.8 Å². The Morgan fingerprint density at radius 3 is 2.54 bits per heavy atom. The summed E-state index contributed by atoms with van der Waals surface area (Å²) in [5.41, 5.74) is 0.313. The minimum absolute atomic E-state index is 0.292. The number of hydrogen-bond donors (Lipinski definition) is 1. The van der Waals surface area contributed by atoms with Gasteiger partial charge in [0.15, 0.2) is 0 Å². The summed E-state index contributed by atoms with van der Waals surface area (Å²) in [7, 11) is 0. The number of hydrogen-bond acceptors (Lipinski definition) is 5. The highest BCUT2D eigenvalue weighted by atomic mass is 16.3. The minimum Gasteiger partial charge on any atom is -0.468 e. The lowest BCUT2D eigenvalue weighted by molar-refractivity contribution is 0.00242. The number of likely N-dealkylation sites (tertiary alicyclic amines) is 1. The summed E-state index contributed by atoms with van der Waals surface area (Å²) in [6, 6.07) is 5.23. The molecule has 2 aliphatic heterocycles. The van der Waals surface area contributed by atoms with Crippen molar-refractivity contribution in [3.63, 3.8) is 0 Å². The van der Waals surface area contributed by atoms with Crippen LogP contribution in [0, 0.1) is 5.41 Å². The fourth-order valence-corrected chi connectivity index (χ4v) is 4.55. The molecule has 26 heavy (non-hydrogen) atoms. The normalized spacial score (nSPS) is 25.0. The highest BCUT2D eigenvalue weighted by molar-refractivity contribution is 4.98. The highest BCUT2D eigenvalue weighted by Crippen LogP contribution is 2.25. The Hall–Kier alpha value is -0.880. The van der Waals surface area contributed by atoms with Gasteiger partial charge in [-0.15, -0.1) is 0 Å². The van der Waals surface area contributed by atoms with Gasteiger partial charge in [0.05, 0.1) is 12.8 Å². The van der Waals surface area contributed by atoms with Crippen LogP contribution < -0.4 is 0 Å². The Bertz CT molecular complexity index is 518. The van der Waals surface area contributed by atoms with Crippen LogP contribution >= 0.6 is 0 Å². The molecule has 0 bridgehead atoms. The van der Waals surface area contributed by atoms with Crippen LogP contribution in [0.15, 0.2) is 22.8 Å². The van der Waals surface area contributed by atoms with E-state index in [1.54, 1.807) is 6.26 Å². The van der Waals surface area contributed by atoms with Crippen LogP contribution in [0.1, 0.15) is 45.8 Å². The summed E-state index contributed by atoms with van der Waals surface area (Å²) in [6.45, 7) is 15.0. The monoisotopic (exact) mass is 363 g/mol. The Balaban J connectivity index is 1.49. The average Bonchev–Trinajstić information content (AvgIpc) is 3.09. The highest BCUT2D eigenvalue weighted by Gasteiger charge is 2.33. The SMILES string of the molecule is CC(C)(C)CN1CCN(C2CCN(Cc3ccco3)CC2)C[C@@H]1CCO. The number of aliphatic hydroxyl groups is 1. The lowest BCUT2D eigenvalue weighted by Gasteiger charge is -2.47. The first-order valence-electron chi connectivity index (χ1n) is 10.3. The first-order valence-corrected chi connectivity index (χ1v) is 10.3. The van der Waals surface area contributed by atoms with Gasteiger partial charge in [0.2, 0.25) is 0 Å². The zero-order chi connectivity index (χ0) is 18.6. The lowest BCUT2D eigenvalue weighted by atomic mass is 9.93. The van der Waals surface area contributed by atoms with E-state index in [2.05, 4.69) is 41.5 Å². The summed E-state index contributed by atoms with van der Waals surface area (Å²) in [4.78, 5) is 7.82. The number of aliphatic hydroxyl groups excluding tert-OH is 1. The molecule has 2 aliphatic rings. The van der Waals surface area contributed by atoms with E-state index in [4.69, 9.17) is 4.42 Å². The number of nitrogens with zero attached hydrogens (tertiary/aromatic N) is 3. The molecule has 2 fully saturated rings. The molecule has 3 heterocycles. The fourth-order valence-electron chi connectivity index (χ4n) is 4.55. The first-order chi connectivity index (χ1) is 12.4. The number of piperidine rings is 1. The molecule has 1 aromatic heterocycles. The molecule has 0 saturated carbocycles. The Kier molecular flexibility index (Phi) is 6.78. The van der Waals surface area contributed by atoms with E-state index in [1.807, 2.05) is 6.07 Å². The Morgan fingerprint density at radius 1 is 1.15 bits per heavy atom. The van der Waals surface area contributed by atoms with Gasteiger partial charge in [-0.25, -0.2) is 0 Å². The van der Waals surface area contributed by atoms with Crippen molar-refractivity contribution in [1.82, 2.24) is 14.7 Å². The molecule has 5 heteroatoms. The van der Waals surface area contributed by atoms with Crippen molar-refractivity contribution in [2.75, 3.05) is 45.9 Å². The molecule has 1 aromatic rings. The van der Waals surface area contributed by atoms with Crippen molar-refractivity contribution in [2.45, 2.75) is 58.7 Å². The molecule has 0 spiro atoms. The third-order valence-electron chi connectivity index (χ3n) is 5.81. The summed E-state index contributed by atoms with van der Waals surface area (Å²) in [6.07, 6.45) is 5.14. The van der Waals surface area contributed by atoms with Crippen molar-refractivity contribution in [3.05, 3.63) is 24.2 Å². The summed E-state index contributed by atoms with van der Waals surface area (Å²) < 4.78 is 5.49. The first kappa shape index (κ1) is 19.9. The summed E-state index contributed by atoms with van der Waals surface area (Å²) >= 11 is 0. The van der Waals surface area contributed by atoms with Crippen LogP contribution in [-0.2, 0) is 6.54 Å². The molecule has 2 saturated heterocycles. The molecule has 1 N–H and O–H groups in total. The number of rotatable bonds is 6. The van der Waals surface area contributed by atoms with Crippen LogP contribution in [-0.4, -0.2) is 77.8 Å². The van der Waals surface area contributed by atoms with Crippen LogP contribution in [0.25, 0.3) is 0 Å². The minimum atomic E-state index is 0.292. The number of furan rings is 1. The molecular formula is C21H37N3O2. The summed E-state index contributed by atoms with van der Waals surface area (Å²) in [5.74, 6) is 1.07. The molecule has 3 rings (SSSR count). The maximum atomic E-state index is 9.53. The predicted molar refractivity (Wildman–Crippen MR) is 105 cm³/mol.